The average molecular weight is 336 g/mol. The van der Waals surface area contributed by atoms with Crippen LogP contribution in [0.4, 0.5) is 5.69 Å². The molecule has 6 nitrogen and oxygen atoms in total. The molecule has 1 atom stereocenters. The van der Waals surface area contributed by atoms with E-state index in [1.54, 1.807) is 0 Å². The topological polar surface area (TPSA) is 60.0 Å². The largest absolute Gasteiger partial charge is 0.466 e. The first-order valence-corrected chi connectivity index (χ1v) is 8.20. The van der Waals surface area contributed by atoms with Gasteiger partial charge in [0.05, 0.1) is 12.5 Å². The third kappa shape index (κ3) is 3.67. The number of carbonyl (C=O) groups is 1. The molecule has 0 saturated carbocycles. The lowest BCUT2D eigenvalue weighted by molar-refractivity contribution is -0.149. The van der Waals surface area contributed by atoms with Gasteiger partial charge in [-0.2, -0.15) is 0 Å². The fourth-order valence-corrected chi connectivity index (χ4v) is 3.07. The van der Waals surface area contributed by atoms with Crippen LogP contribution in [0.5, 0.6) is 11.5 Å². The molecule has 1 saturated heterocycles. The lowest BCUT2D eigenvalue weighted by Gasteiger charge is -2.33. The summed E-state index contributed by atoms with van der Waals surface area (Å²) in [6, 6.07) is 5.61. The van der Waals surface area contributed by atoms with Crippen LogP contribution in [0.2, 0.25) is 0 Å². The van der Waals surface area contributed by atoms with E-state index in [-0.39, 0.29) is 18.7 Å². The highest BCUT2D eigenvalue weighted by Gasteiger charge is 2.28. The van der Waals surface area contributed by atoms with Gasteiger partial charge >= 0.3 is 5.97 Å². The van der Waals surface area contributed by atoms with Crippen LogP contribution in [0.3, 0.4) is 0 Å². The molecule has 0 aliphatic carbocycles. The van der Waals surface area contributed by atoms with Crippen LogP contribution in [-0.2, 0) is 9.53 Å². The molecule has 0 amide bonds. The average Bonchev–Trinajstić information content (AvgIpc) is 3.03. The second-order valence-corrected chi connectivity index (χ2v) is 5.92. The Balaban J connectivity index is 1.60. The molecule has 1 aromatic rings. The quantitative estimate of drug-likeness (QED) is 0.672. The summed E-state index contributed by atoms with van der Waals surface area (Å²) in [5.74, 6) is 1.20. The minimum absolute atomic E-state index is 0.111. The maximum atomic E-state index is 11.9. The SMILES string of the molecule is CCOC(=O)C1CCCN(C(=S)Nc2ccc3c(c2)OCO3)C1. The predicted molar refractivity (Wildman–Crippen MR) is 89.7 cm³/mol. The molecular formula is C16H20N2O4S. The van der Waals surface area contributed by atoms with Gasteiger partial charge in [-0.1, -0.05) is 0 Å². The van der Waals surface area contributed by atoms with E-state index in [1.807, 2.05) is 30.0 Å². The standard InChI is InChI=1S/C16H20N2O4S/c1-2-20-15(19)11-4-3-7-18(9-11)16(23)17-12-5-6-13-14(8-12)22-10-21-13/h5-6,8,11H,2-4,7,9-10H2,1H3,(H,17,23). The number of benzene rings is 1. The summed E-state index contributed by atoms with van der Waals surface area (Å²) in [4.78, 5) is 13.9. The molecule has 124 valence electrons. The number of fused-ring (bicyclic) bond motifs is 1. The number of likely N-dealkylation sites (tertiary alicyclic amines) is 1. The van der Waals surface area contributed by atoms with Gasteiger partial charge in [0.1, 0.15) is 0 Å². The lowest BCUT2D eigenvalue weighted by Crippen LogP contribution is -2.44. The van der Waals surface area contributed by atoms with Crippen molar-refractivity contribution in [1.82, 2.24) is 4.90 Å². The zero-order valence-corrected chi connectivity index (χ0v) is 13.9. The molecule has 3 rings (SSSR count). The van der Waals surface area contributed by atoms with E-state index < -0.39 is 0 Å². The second kappa shape index (κ2) is 7.04. The summed E-state index contributed by atoms with van der Waals surface area (Å²) in [5.41, 5.74) is 0.845. The highest BCUT2D eigenvalue weighted by Crippen LogP contribution is 2.34. The van der Waals surface area contributed by atoms with Crippen molar-refractivity contribution in [2.45, 2.75) is 19.8 Å². The number of thiocarbonyl (C=S) groups is 1. The number of hydrogen-bond donors (Lipinski definition) is 1. The zero-order chi connectivity index (χ0) is 16.2. The first-order chi connectivity index (χ1) is 11.2. The van der Waals surface area contributed by atoms with E-state index in [4.69, 9.17) is 26.4 Å². The van der Waals surface area contributed by atoms with Gasteiger partial charge in [-0.15, -0.1) is 0 Å². The summed E-state index contributed by atoms with van der Waals surface area (Å²) in [5, 5.41) is 3.81. The number of rotatable bonds is 3. The number of nitrogens with one attached hydrogen (secondary N) is 1. The third-order valence-corrected chi connectivity index (χ3v) is 4.31. The maximum absolute atomic E-state index is 11.9. The van der Waals surface area contributed by atoms with Crippen molar-refractivity contribution < 1.29 is 19.0 Å². The van der Waals surface area contributed by atoms with E-state index in [0.717, 1.165) is 30.8 Å². The van der Waals surface area contributed by atoms with E-state index in [1.165, 1.54) is 0 Å². The normalized spacial score (nSPS) is 19.3. The van der Waals surface area contributed by atoms with Crippen molar-refractivity contribution in [3.63, 3.8) is 0 Å². The second-order valence-electron chi connectivity index (χ2n) is 5.54. The summed E-state index contributed by atoms with van der Waals surface area (Å²) >= 11 is 5.48. The maximum Gasteiger partial charge on any atom is 0.310 e. The predicted octanol–water partition coefficient (Wildman–Crippen LogP) is 2.39. The van der Waals surface area contributed by atoms with Gasteiger partial charge in [-0.3, -0.25) is 4.79 Å². The van der Waals surface area contributed by atoms with E-state index >= 15 is 0 Å². The smallest absolute Gasteiger partial charge is 0.310 e. The molecule has 0 bridgehead atoms. The molecule has 1 fully saturated rings. The van der Waals surface area contributed by atoms with Crippen LogP contribution in [0.25, 0.3) is 0 Å². The van der Waals surface area contributed by atoms with Crippen LogP contribution in [0.1, 0.15) is 19.8 Å². The number of carbonyl (C=O) groups excluding carboxylic acids is 1. The number of esters is 1. The number of piperidine rings is 1. The van der Waals surface area contributed by atoms with E-state index in [9.17, 15) is 4.79 Å². The molecule has 2 heterocycles. The first-order valence-electron chi connectivity index (χ1n) is 7.79. The van der Waals surface area contributed by atoms with Crippen LogP contribution >= 0.6 is 12.2 Å². The summed E-state index contributed by atoms with van der Waals surface area (Å²) in [6.45, 7) is 3.91. The summed E-state index contributed by atoms with van der Waals surface area (Å²) < 4.78 is 15.8. The Hall–Kier alpha value is -2.02. The van der Waals surface area contributed by atoms with Crippen LogP contribution in [0.15, 0.2) is 18.2 Å². The zero-order valence-electron chi connectivity index (χ0n) is 13.0. The number of anilines is 1. The Morgan fingerprint density at radius 3 is 3.09 bits per heavy atom. The first kappa shape index (κ1) is 15.9. The van der Waals surface area contributed by atoms with Crippen LogP contribution in [-0.4, -0.2) is 42.5 Å². The molecule has 0 aromatic heterocycles. The molecule has 1 N–H and O–H groups in total. The van der Waals surface area contributed by atoms with Gasteiger partial charge in [-0.05, 0) is 44.1 Å². The lowest BCUT2D eigenvalue weighted by atomic mass is 9.98. The summed E-state index contributed by atoms with van der Waals surface area (Å²) in [7, 11) is 0. The van der Waals surface area contributed by atoms with E-state index in [0.29, 0.717) is 24.0 Å². The molecule has 0 spiro atoms. The van der Waals surface area contributed by atoms with Gasteiger partial charge < -0.3 is 24.4 Å². The molecule has 2 aliphatic rings. The van der Waals surface area contributed by atoms with Crippen molar-refractivity contribution in [3.05, 3.63) is 18.2 Å². The highest BCUT2D eigenvalue weighted by atomic mass is 32.1. The molecule has 1 unspecified atom stereocenters. The number of hydrogen-bond acceptors (Lipinski definition) is 5. The molecule has 0 radical (unpaired) electrons. The number of nitrogens with zero attached hydrogens (tertiary/aromatic N) is 1. The minimum Gasteiger partial charge on any atom is -0.466 e. The van der Waals surface area contributed by atoms with Gasteiger partial charge in [-0.25, -0.2) is 0 Å². The van der Waals surface area contributed by atoms with Crippen molar-refractivity contribution >= 4 is 29.0 Å². The Kier molecular flexibility index (Phi) is 4.85. The van der Waals surface area contributed by atoms with Gasteiger partial charge in [0, 0.05) is 24.8 Å². The van der Waals surface area contributed by atoms with Crippen LogP contribution in [0, 0.1) is 5.92 Å². The summed E-state index contributed by atoms with van der Waals surface area (Å²) in [6.07, 6.45) is 1.77. The van der Waals surface area contributed by atoms with Gasteiger partial charge in [0.25, 0.3) is 0 Å². The van der Waals surface area contributed by atoms with Crippen molar-refractivity contribution in [2.24, 2.45) is 5.92 Å². The number of ether oxygens (including phenoxy) is 3. The Morgan fingerprint density at radius 2 is 2.26 bits per heavy atom. The fourth-order valence-electron chi connectivity index (χ4n) is 2.79. The van der Waals surface area contributed by atoms with Crippen molar-refractivity contribution in [1.29, 1.82) is 0 Å². The Labute approximate surface area is 140 Å². The fraction of sp³-hybridized carbons (Fsp3) is 0.500. The third-order valence-electron chi connectivity index (χ3n) is 3.95. The molecular weight excluding hydrogens is 316 g/mol. The highest BCUT2D eigenvalue weighted by molar-refractivity contribution is 7.80. The molecule has 2 aliphatic heterocycles. The van der Waals surface area contributed by atoms with Gasteiger partial charge in [0.15, 0.2) is 16.6 Å². The van der Waals surface area contributed by atoms with Gasteiger partial charge in [0.2, 0.25) is 6.79 Å². The monoisotopic (exact) mass is 336 g/mol. The Bertz CT molecular complexity index is 608. The Morgan fingerprint density at radius 1 is 1.43 bits per heavy atom. The molecule has 1 aromatic carbocycles. The van der Waals surface area contributed by atoms with Crippen LogP contribution < -0.4 is 14.8 Å². The van der Waals surface area contributed by atoms with E-state index in [2.05, 4.69) is 5.32 Å². The van der Waals surface area contributed by atoms with Crippen molar-refractivity contribution in [2.75, 3.05) is 31.8 Å². The molecule has 7 heteroatoms. The minimum atomic E-state index is -0.136. The van der Waals surface area contributed by atoms with Crippen molar-refractivity contribution in [3.8, 4) is 11.5 Å². The molecule has 23 heavy (non-hydrogen) atoms.